The van der Waals surface area contributed by atoms with E-state index in [4.69, 9.17) is 0 Å². The van der Waals surface area contributed by atoms with Crippen molar-refractivity contribution in [3.63, 3.8) is 0 Å². The molecule has 2 nitrogen and oxygen atoms in total. The molecule has 1 aromatic rings. The Labute approximate surface area is 130 Å². The van der Waals surface area contributed by atoms with Crippen molar-refractivity contribution in [3.8, 4) is 0 Å². The van der Waals surface area contributed by atoms with Crippen molar-refractivity contribution in [1.29, 1.82) is 0 Å². The highest BCUT2D eigenvalue weighted by Crippen LogP contribution is 2.27. The molecule has 118 valence electrons. The van der Waals surface area contributed by atoms with Gasteiger partial charge in [0.25, 0.3) is 0 Å². The Morgan fingerprint density at radius 2 is 1.86 bits per heavy atom. The van der Waals surface area contributed by atoms with E-state index >= 15 is 0 Å². The predicted octanol–water partition coefficient (Wildman–Crippen LogP) is 4.24. The summed E-state index contributed by atoms with van der Waals surface area (Å²) in [5, 5.41) is 3.61. The molecule has 2 heteroatoms. The van der Waals surface area contributed by atoms with Crippen LogP contribution in [0.25, 0.3) is 0 Å². The number of hydrogen-bond donors (Lipinski definition) is 1. The lowest BCUT2D eigenvalue weighted by Crippen LogP contribution is -2.37. The van der Waals surface area contributed by atoms with Gasteiger partial charge in [0, 0.05) is 19.1 Å². The third-order valence-electron chi connectivity index (χ3n) is 4.75. The zero-order chi connectivity index (χ0) is 14.9. The van der Waals surface area contributed by atoms with Gasteiger partial charge in [-0.3, -0.25) is 4.90 Å². The van der Waals surface area contributed by atoms with Crippen LogP contribution in [0.4, 0.5) is 0 Å². The van der Waals surface area contributed by atoms with E-state index in [9.17, 15) is 0 Å². The van der Waals surface area contributed by atoms with Crippen molar-refractivity contribution < 1.29 is 0 Å². The highest BCUT2D eigenvalue weighted by molar-refractivity contribution is 5.19. The molecule has 21 heavy (non-hydrogen) atoms. The maximum absolute atomic E-state index is 3.61. The molecule has 0 aromatic heterocycles. The van der Waals surface area contributed by atoms with Gasteiger partial charge >= 0.3 is 0 Å². The first-order valence-corrected chi connectivity index (χ1v) is 8.77. The Kier molecular flexibility index (Phi) is 7.25. The van der Waals surface area contributed by atoms with E-state index in [2.05, 4.69) is 54.5 Å². The number of nitrogens with one attached hydrogen (secondary N) is 1. The van der Waals surface area contributed by atoms with Crippen LogP contribution in [0.2, 0.25) is 0 Å². The van der Waals surface area contributed by atoms with Gasteiger partial charge in [0.1, 0.15) is 0 Å². The maximum atomic E-state index is 3.61. The minimum Gasteiger partial charge on any atom is -0.315 e. The van der Waals surface area contributed by atoms with Gasteiger partial charge in [-0.1, -0.05) is 56.5 Å². The first-order chi connectivity index (χ1) is 10.3. The van der Waals surface area contributed by atoms with Gasteiger partial charge < -0.3 is 5.32 Å². The van der Waals surface area contributed by atoms with Gasteiger partial charge in [0.05, 0.1) is 0 Å². The van der Waals surface area contributed by atoms with E-state index in [1.165, 1.54) is 50.6 Å². The molecule has 1 N–H and O–H groups in total. The fourth-order valence-electron chi connectivity index (χ4n) is 3.52. The lowest BCUT2D eigenvalue weighted by molar-refractivity contribution is 0.179. The topological polar surface area (TPSA) is 15.3 Å². The van der Waals surface area contributed by atoms with Crippen LogP contribution in [-0.4, -0.2) is 31.6 Å². The molecule has 1 aromatic carbocycles. The van der Waals surface area contributed by atoms with Gasteiger partial charge in [0.15, 0.2) is 0 Å². The number of hydrogen-bond acceptors (Lipinski definition) is 2. The molecule has 0 saturated heterocycles. The van der Waals surface area contributed by atoms with E-state index in [1.807, 2.05) is 0 Å². The largest absolute Gasteiger partial charge is 0.315 e. The molecule has 0 bridgehead atoms. The van der Waals surface area contributed by atoms with Crippen LogP contribution >= 0.6 is 0 Å². The smallest absolute Gasteiger partial charge is 0.0469 e. The van der Waals surface area contributed by atoms with Crippen molar-refractivity contribution >= 4 is 0 Å². The van der Waals surface area contributed by atoms with Crippen LogP contribution < -0.4 is 5.32 Å². The third kappa shape index (κ3) is 5.44. The Morgan fingerprint density at radius 1 is 1.14 bits per heavy atom. The van der Waals surface area contributed by atoms with Crippen molar-refractivity contribution in [1.82, 2.24) is 10.2 Å². The van der Waals surface area contributed by atoms with E-state index < -0.39 is 0 Å². The average molecular weight is 288 g/mol. The van der Waals surface area contributed by atoms with Gasteiger partial charge in [-0.2, -0.15) is 0 Å². The van der Waals surface area contributed by atoms with E-state index in [0.717, 1.165) is 19.0 Å². The van der Waals surface area contributed by atoms with Crippen LogP contribution in [0, 0.1) is 5.92 Å². The molecule has 2 rings (SSSR count). The minimum atomic E-state index is 0.500. The molecule has 0 heterocycles. The Hall–Kier alpha value is -0.860. The Bertz CT molecular complexity index is 370. The lowest BCUT2D eigenvalue weighted by atomic mass is 9.88. The third-order valence-corrected chi connectivity index (χ3v) is 4.75. The molecule has 0 amide bonds. The summed E-state index contributed by atoms with van der Waals surface area (Å²) in [7, 11) is 2.31. The normalized spacial score (nSPS) is 18.0. The zero-order valence-corrected chi connectivity index (χ0v) is 13.9. The maximum Gasteiger partial charge on any atom is 0.0469 e. The fourth-order valence-corrected chi connectivity index (χ4v) is 3.52. The summed E-state index contributed by atoms with van der Waals surface area (Å²) in [6.07, 6.45) is 8.36. The van der Waals surface area contributed by atoms with Crippen molar-refractivity contribution in [2.45, 2.75) is 51.5 Å². The quantitative estimate of drug-likeness (QED) is 0.720. The second kappa shape index (κ2) is 9.22. The Morgan fingerprint density at radius 3 is 2.52 bits per heavy atom. The summed E-state index contributed by atoms with van der Waals surface area (Å²) < 4.78 is 0. The first-order valence-electron chi connectivity index (χ1n) is 8.77. The van der Waals surface area contributed by atoms with Gasteiger partial charge in [-0.15, -0.1) is 0 Å². The molecular formula is C19H32N2. The summed E-state index contributed by atoms with van der Waals surface area (Å²) in [4.78, 5) is 2.58. The van der Waals surface area contributed by atoms with E-state index in [-0.39, 0.29) is 0 Å². The molecule has 1 fully saturated rings. The van der Waals surface area contributed by atoms with Gasteiger partial charge in [-0.05, 0) is 44.3 Å². The minimum absolute atomic E-state index is 0.500. The van der Waals surface area contributed by atoms with Crippen LogP contribution in [0.3, 0.4) is 0 Å². The van der Waals surface area contributed by atoms with Crippen molar-refractivity contribution in [3.05, 3.63) is 35.9 Å². The highest BCUT2D eigenvalue weighted by Gasteiger charge is 2.21. The zero-order valence-electron chi connectivity index (χ0n) is 13.9. The standard InChI is InChI=1S/C19H32N2/c1-3-14-20-15-19(18-12-8-5-9-13-18)21(2)16-17-10-6-4-7-11-17/h5,8-9,12-13,17,19-20H,3-4,6-7,10-11,14-16H2,1-2H3. The monoisotopic (exact) mass is 288 g/mol. The molecule has 1 aliphatic carbocycles. The molecule has 0 aliphatic heterocycles. The van der Waals surface area contributed by atoms with Crippen LogP contribution in [0.1, 0.15) is 57.1 Å². The number of likely N-dealkylation sites (N-methyl/N-ethyl adjacent to an activating group) is 1. The summed E-state index contributed by atoms with van der Waals surface area (Å²) >= 11 is 0. The molecule has 0 radical (unpaired) electrons. The average Bonchev–Trinajstić information content (AvgIpc) is 2.53. The summed E-state index contributed by atoms with van der Waals surface area (Å²) in [5.41, 5.74) is 1.44. The van der Waals surface area contributed by atoms with Crippen LogP contribution in [0.5, 0.6) is 0 Å². The fraction of sp³-hybridized carbons (Fsp3) is 0.684. The lowest BCUT2D eigenvalue weighted by Gasteiger charge is -2.33. The Balaban J connectivity index is 1.95. The molecular weight excluding hydrogens is 256 g/mol. The van der Waals surface area contributed by atoms with Crippen LogP contribution in [-0.2, 0) is 0 Å². The summed E-state index contributed by atoms with van der Waals surface area (Å²) in [6.45, 7) is 5.64. The molecule has 1 unspecified atom stereocenters. The van der Waals surface area contributed by atoms with Gasteiger partial charge in [0.2, 0.25) is 0 Å². The number of benzene rings is 1. The van der Waals surface area contributed by atoms with Gasteiger partial charge in [-0.25, -0.2) is 0 Å². The van der Waals surface area contributed by atoms with Crippen LogP contribution in [0.15, 0.2) is 30.3 Å². The summed E-state index contributed by atoms with van der Waals surface area (Å²) in [6, 6.07) is 11.5. The van der Waals surface area contributed by atoms with E-state index in [1.54, 1.807) is 0 Å². The highest BCUT2D eigenvalue weighted by atomic mass is 15.1. The van der Waals surface area contributed by atoms with E-state index in [0.29, 0.717) is 6.04 Å². The van der Waals surface area contributed by atoms with Crippen molar-refractivity contribution in [2.75, 3.05) is 26.7 Å². The molecule has 1 saturated carbocycles. The second-order valence-electron chi connectivity index (χ2n) is 6.57. The molecule has 1 atom stereocenters. The SMILES string of the molecule is CCCNCC(c1ccccc1)N(C)CC1CCCCC1. The number of rotatable bonds is 8. The predicted molar refractivity (Wildman–Crippen MR) is 91.5 cm³/mol. The number of nitrogens with zero attached hydrogens (tertiary/aromatic N) is 1. The van der Waals surface area contributed by atoms with Crippen molar-refractivity contribution in [2.24, 2.45) is 5.92 Å². The molecule has 1 aliphatic rings. The second-order valence-corrected chi connectivity index (χ2v) is 6.57. The summed E-state index contributed by atoms with van der Waals surface area (Å²) in [5.74, 6) is 0.904. The molecule has 0 spiro atoms. The first kappa shape index (κ1) is 16.5.